The van der Waals surface area contributed by atoms with Gasteiger partial charge in [-0.15, -0.1) is 0 Å². The summed E-state index contributed by atoms with van der Waals surface area (Å²) in [6.07, 6.45) is 4.19. The van der Waals surface area contributed by atoms with Crippen LogP contribution < -0.4 is 5.32 Å². The van der Waals surface area contributed by atoms with Crippen molar-refractivity contribution in [1.29, 1.82) is 0 Å². The fourth-order valence-electron chi connectivity index (χ4n) is 4.25. The largest absolute Gasteiger partial charge is 0.481 e. The molecule has 5 rings (SSSR count). The summed E-state index contributed by atoms with van der Waals surface area (Å²) < 4.78 is 16.1. The van der Waals surface area contributed by atoms with Crippen molar-refractivity contribution < 1.29 is 28.7 Å². The van der Waals surface area contributed by atoms with Crippen molar-refractivity contribution in [3.63, 3.8) is 0 Å². The first kappa shape index (κ1) is 23.0. The third-order valence-electron chi connectivity index (χ3n) is 6.21. The zero-order chi connectivity index (χ0) is 24.6. The molecule has 1 atom stereocenters. The van der Waals surface area contributed by atoms with Gasteiger partial charge in [-0.05, 0) is 38.0 Å². The summed E-state index contributed by atoms with van der Waals surface area (Å²) in [4.78, 5) is 33.5. The van der Waals surface area contributed by atoms with Gasteiger partial charge in [0.2, 0.25) is 5.76 Å². The first-order chi connectivity index (χ1) is 16.9. The fraction of sp³-hybridized carbons (Fsp3) is 0.292. The number of carboxylic acid groups (broad SMARTS) is 1. The van der Waals surface area contributed by atoms with Crippen molar-refractivity contribution in [2.24, 2.45) is 15.4 Å². The van der Waals surface area contributed by atoms with Gasteiger partial charge in [-0.3, -0.25) is 10.1 Å². The number of ether oxygens (including phenoxy) is 2. The normalized spacial score (nSPS) is 19.1. The molecule has 3 aliphatic rings. The Balaban J connectivity index is 1.30. The van der Waals surface area contributed by atoms with Crippen LogP contribution in [0.15, 0.2) is 68.4 Å². The molecule has 0 bridgehead atoms. The molecular formula is C24H21ClN4O6. The average molecular weight is 497 g/mol. The number of aromatic nitrogens is 1. The molecule has 3 aliphatic heterocycles. The number of carbonyl (C=O) groups is 2. The van der Waals surface area contributed by atoms with E-state index in [0.717, 1.165) is 0 Å². The Morgan fingerprint density at radius 3 is 2.69 bits per heavy atom. The monoisotopic (exact) mass is 496 g/mol. The first-order valence-electron chi connectivity index (χ1n) is 11.0. The van der Waals surface area contributed by atoms with Crippen LogP contribution in [-0.4, -0.2) is 47.1 Å². The number of carboxylic acids is 1. The number of nitrogens with zero attached hydrogens (tertiary/aromatic N) is 3. The smallest absolute Gasteiger partial charge is 0.412 e. The maximum absolute atomic E-state index is 12.5. The third kappa shape index (κ3) is 4.26. The topological polar surface area (TPSA) is 136 Å². The number of carbonyl (C=O) groups excluding carboxylic acids is 1. The first-order valence-corrected chi connectivity index (χ1v) is 11.3. The molecule has 35 heavy (non-hydrogen) atoms. The van der Waals surface area contributed by atoms with E-state index in [4.69, 9.17) is 25.6 Å². The van der Waals surface area contributed by atoms with Crippen molar-refractivity contribution in [3.05, 3.63) is 70.2 Å². The van der Waals surface area contributed by atoms with Crippen molar-refractivity contribution >= 4 is 40.9 Å². The summed E-state index contributed by atoms with van der Waals surface area (Å²) in [6, 6.07) is 7.10. The van der Waals surface area contributed by atoms with E-state index in [0.29, 0.717) is 59.5 Å². The number of halogens is 1. The molecule has 0 saturated carbocycles. The van der Waals surface area contributed by atoms with E-state index in [1.165, 1.54) is 6.20 Å². The van der Waals surface area contributed by atoms with Crippen LogP contribution in [0.3, 0.4) is 0 Å². The van der Waals surface area contributed by atoms with Crippen LogP contribution in [0.2, 0.25) is 5.02 Å². The Morgan fingerprint density at radius 1 is 1.20 bits per heavy atom. The van der Waals surface area contributed by atoms with Crippen LogP contribution in [-0.2, 0) is 14.3 Å². The minimum Gasteiger partial charge on any atom is -0.481 e. The Kier molecular flexibility index (Phi) is 6.00. The molecule has 2 aromatic rings. The third-order valence-corrected chi connectivity index (χ3v) is 6.55. The van der Waals surface area contributed by atoms with E-state index < -0.39 is 23.6 Å². The maximum Gasteiger partial charge on any atom is 0.412 e. The number of fused-ring (bicyclic) bond motifs is 1. The van der Waals surface area contributed by atoms with Gasteiger partial charge in [0.05, 0.1) is 11.9 Å². The highest BCUT2D eigenvalue weighted by molar-refractivity contribution is 6.31. The number of nitrogens with one attached hydrogen (secondary N) is 1. The number of anilines is 1. The predicted octanol–water partition coefficient (Wildman–Crippen LogP) is 4.54. The van der Waals surface area contributed by atoms with Gasteiger partial charge < -0.3 is 19.1 Å². The molecule has 1 aromatic heterocycles. The van der Waals surface area contributed by atoms with Crippen LogP contribution in [0.5, 0.6) is 0 Å². The molecule has 1 saturated heterocycles. The summed E-state index contributed by atoms with van der Waals surface area (Å²) in [6.45, 7) is 2.44. The SMILES string of the molecule is CC(OC(=O)Nc1cnoc1C1=NC2=NC(C3(C(=O)O)CCOCC3)=CC2=C1)c1ccccc1Cl. The second kappa shape index (κ2) is 9.12. The molecule has 1 fully saturated rings. The molecule has 2 N–H and O–H groups in total. The van der Waals surface area contributed by atoms with E-state index in [1.54, 1.807) is 37.3 Å². The lowest BCUT2D eigenvalue weighted by Gasteiger charge is -2.32. The van der Waals surface area contributed by atoms with Gasteiger partial charge in [-0.1, -0.05) is 35.0 Å². The predicted molar refractivity (Wildman–Crippen MR) is 127 cm³/mol. The second-order valence-corrected chi connectivity index (χ2v) is 8.73. The van der Waals surface area contributed by atoms with Crippen LogP contribution in [0.25, 0.3) is 0 Å². The Labute approximate surface area is 205 Å². The molecule has 180 valence electrons. The highest BCUT2D eigenvalue weighted by Gasteiger charge is 2.46. The highest BCUT2D eigenvalue weighted by atomic mass is 35.5. The molecule has 4 heterocycles. The molecule has 0 aliphatic carbocycles. The molecular weight excluding hydrogens is 476 g/mol. The molecule has 10 nitrogen and oxygen atoms in total. The number of rotatable bonds is 6. The summed E-state index contributed by atoms with van der Waals surface area (Å²) >= 11 is 6.18. The lowest BCUT2D eigenvalue weighted by atomic mass is 9.77. The number of hydrogen-bond acceptors (Lipinski definition) is 8. The van der Waals surface area contributed by atoms with Crippen LogP contribution in [0.4, 0.5) is 10.5 Å². The lowest BCUT2D eigenvalue weighted by molar-refractivity contribution is -0.151. The van der Waals surface area contributed by atoms with Gasteiger partial charge >= 0.3 is 12.1 Å². The standard InChI is InChI=1S/C24H21ClN4O6/c1-13(15-4-2-3-5-16(15)25)34-23(32)28-18-12-26-35-20(18)17-10-14-11-19(29-21(14)27-17)24(22(30)31)6-8-33-9-7-24/h2-5,10-13H,6-9H2,1H3,(H,28,32)(H,30,31). The maximum atomic E-state index is 12.5. The Bertz CT molecular complexity index is 1320. The molecule has 1 amide bonds. The number of amidine groups is 1. The Hall–Kier alpha value is -3.76. The summed E-state index contributed by atoms with van der Waals surface area (Å²) in [5.41, 5.74) is 1.39. The zero-order valence-electron chi connectivity index (χ0n) is 18.7. The van der Waals surface area contributed by atoms with Crippen molar-refractivity contribution in [2.75, 3.05) is 18.5 Å². The lowest BCUT2D eigenvalue weighted by Crippen LogP contribution is -2.38. The number of amides is 1. The van der Waals surface area contributed by atoms with Crippen molar-refractivity contribution in [2.45, 2.75) is 25.9 Å². The van der Waals surface area contributed by atoms with Crippen molar-refractivity contribution in [1.82, 2.24) is 5.16 Å². The average Bonchev–Trinajstić information content (AvgIpc) is 3.54. The minimum absolute atomic E-state index is 0.228. The van der Waals surface area contributed by atoms with Gasteiger partial charge in [0, 0.05) is 29.4 Å². The fourth-order valence-corrected chi connectivity index (χ4v) is 4.54. The van der Waals surface area contributed by atoms with Crippen LogP contribution >= 0.6 is 11.6 Å². The molecule has 0 spiro atoms. The number of aliphatic imine (C=N–C) groups is 2. The number of allylic oxidation sites excluding steroid dienone is 1. The van der Waals surface area contributed by atoms with Gasteiger partial charge in [0.15, 0.2) is 5.84 Å². The van der Waals surface area contributed by atoms with Crippen LogP contribution in [0, 0.1) is 5.41 Å². The van der Waals surface area contributed by atoms with Gasteiger partial charge in [0.1, 0.15) is 22.9 Å². The zero-order valence-corrected chi connectivity index (χ0v) is 19.4. The van der Waals surface area contributed by atoms with E-state index in [-0.39, 0.29) is 11.4 Å². The van der Waals surface area contributed by atoms with Crippen LogP contribution in [0.1, 0.15) is 37.2 Å². The highest BCUT2D eigenvalue weighted by Crippen LogP contribution is 2.43. The summed E-state index contributed by atoms with van der Waals surface area (Å²) in [5, 5.41) is 16.8. The molecule has 11 heteroatoms. The van der Waals surface area contributed by atoms with Gasteiger partial charge in [-0.2, -0.15) is 0 Å². The molecule has 1 unspecified atom stereocenters. The number of hydrogen-bond donors (Lipinski definition) is 2. The van der Waals surface area contributed by atoms with Crippen molar-refractivity contribution in [3.8, 4) is 0 Å². The summed E-state index contributed by atoms with van der Waals surface area (Å²) in [5.74, 6) is -0.308. The second-order valence-electron chi connectivity index (χ2n) is 8.32. The van der Waals surface area contributed by atoms with E-state index in [9.17, 15) is 14.7 Å². The number of benzene rings is 1. The number of aliphatic carboxylic acids is 1. The van der Waals surface area contributed by atoms with E-state index >= 15 is 0 Å². The summed E-state index contributed by atoms with van der Waals surface area (Å²) in [7, 11) is 0. The van der Waals surface area contributed by atoms with E-state index in [1.807, 2.05) is 6.07 Å². The minimum atomic E-state index is -1.09. The van der Waals surface area contributed by atoms with Gasteiger partial charge in [0.25, 0.3) is 0 Å². The quantitative estimate of drug-likeness (QED) is 0.599. The van der Waals surface area contributed by atoms with Gasteiger partial charge in [-0.25, -0.2) is 14.8 Å². The molecule has 1 aromatic carbocycles. The molecule has 0 radical (unpaired) electrons. The van der Waals surface area contributed by atoms with E-state index in [2.05, 4.69) is 20.5 Å². The Morgan fingerprint density at radius 2 is 1.97 bits per heavy atom.